The molecule has 1 aliphatic rings. The summed E-state index contributed by atoms with van der Waals surface area (Å²) in [6, 6.07) is 17.7. The van der Waals surface area contributed by atoms with Gasteiger partial charge in [-0.05, 0) is 30.4 Å². The van der Waals surface area contributed by atoms with Crippen LogP contribution in [0.25, 0.3) is 10.9 Å². The van der Waals surface area contributed by atoms with Gasteiger partial charge in [0.2, 0.25) is 5.91 Å². The number of carbonyl (C=O) groups is 1. The number of benzene rings is 2. The molecule has 1 saturated carbocycles. The zero-order valence-corrected chi connectivity index (χ0v) is 13.9. The molecule has 25 heavy (non-hydrogen) atoms. The molecule has 0 spiro atoms. The highest BCUT2D eigenvalue weighted by Crippen LogP contribution is 2.38. The van der Waals surface area contributed by atoms with Crippen molar-refractivity contribution >= 4 is 16.8 Å². The summed E-state index contributed by atoms with van der Waals surface area (Å²) in [5, 5.41) is 21.0. The summed E-state index contributed by atoms with van der Waals surface area (Å²) >= 11 is 0. The maximum atomic E-state index is 12.6. The van der Waals surface area contributed by atoms with E-state index < -0.39 is 0 Å². The van der Waals surface area contributed by atoms with Crippen molar-refractivity contribution in [3.8, 4) is 0 Å². The molecule has 3 N–H and O–H groups in total. The minimum absolute atomic E-state index is 0.0374. The fraction of sp³-hybridized carbons (Fsp3) is 0.300. The van der Waals surface area contributed by atoms with Gasteiger partial charge in [0, 0.05) is 5.39 Å². The summed E-state index contributed by atoms with van der Waals surface area (Å²) in [5.41, 5.74) is 2.78. The number of carbonyl (C=O) groups excluding carboxylic acids is 1. The first-order chi connectivity index (χ1) is 12.2. The van der Waals surface area contributed by atoms with E-state index in [4.69, 9.17) is 0 Å². The van der Waals surface area contributed by atoms with Gasteiger partial charge in [-0.2, -0.15) is 5.10 Å². The molecule has 1 aromatic heterocycles. The Kier molecular flexibility index (Phi) is 4.24. The lowest BCUT2D eigenvalue weighted by molar-refractivity contribution is -0.122. The number of aromatic nitrogens is 2. The van der Waals surface area contributed by atoms with E-state index in [1.807, 2.05) is 54.6 Å². The Morgan fingerprint density at radius 3 is 2.64 bits per heavy atom. The predicted molar refractivity (Wildman–Crippen MR) is 95.9 cm³/mol. The lowest BCUT2D eigenvalue weighted by Crippen LogP contribution is -2.41. The van der Waals surface area contributed by atoms with Gasteiger partial charge in [-0.25, -0.2) is 0 Å². The van der Waals surface area contributed by atoms with E-state index in [-0.39, 0.29) is 30.4 Å². The number of rotatable bonds is 5. The summed E-state index contributed by atoms with van der Waals surface area (Å²) in [5.74, 6) is 0.240. The van der Waals surface area contributed by atoms with Gasteiger partial charge >= 0.3 is 0 Å². The van der Waals surface area contributed by atoms with E-state index in [0.29, 0.717) is 0 Å². The molecule has 4 rings (SSSR count). The molecule has 3 aromatic rings. The molecular weight excluding hydrogens is 314 g/mol. The summed E-state index contributed by atoms with van der Waals surface area (Å²) < 4.78 is 0. The first-order valence-corrected chi connectivity index (χ1v) is 8.65. The van der Waals surface area contributed by atoms with Crippen LogP contribution in [0.4, 0.5) is 0 Å². The van der Waals surface area contributed by atoms with Gasteiger partial charge in [-0.15, -0.1) is 0 Å². The molecule has 1 atom stereocenters. The van der Waals surface area contributed by atoms with Crippen LogP contribution in [0.3, 0.4) is 0 Å². The molecule has 1 fully saturated rings. The molecule has 1 amide bonds. The summed E-state index contributed by atoms with van der Waals surface area (Å²) in [7, 11) is 0. The van der Waals surface area contributed by atoms with Crippen LogP contribution < -0.4 is 5.32 Å². The lowest BCUT2D eigenvalue weighted by Gasteiger charge is -2.38. The zero-order valence-electron chi connectivity index (χ0n) is 13.9. The number of nitrogens with one attached hydrogen (secondary N) is 2. The van der Waals surface area contributed by atoms with Crippen LogP contribution in [0.15, 0.2) is 54.6 Å². The number of hydrogen-bond donors (Lipinski definition) is 3. The number of aliphatic hydroxyl groups is 1. The maximum Gasteiger partial charge on any atom is 0.226 e. The van der Waals surface area contributed by atoms with E-state index >= 15 is 0 Å². The number of hydrogen-bond acceptors (Lipinski definition) is 3. The number of nitrogens with zero attached hydrogens (tertiary/aromatic N) is 1. The topological polar surface area (TPSA) is 78.0 Å². The third-order valence-electron chi connectivity index (χ3n) is 4.97. The van der Waals surface area contributed by atoms with Crippen LogP contribution in [-0.4, -0.2) is 27.3 Å². The van der Waals surface area contributed by atoms with Crippen molar-refractivity contribution in [2.45, 2.75) is 31.4 Å². The molecule has 0 saturated heterocycles. The van der Waals surface area contributed by atoms with Gasteiger partial charge in [0.1, 0.15) is 0 Å². The van der Waals surface area contributed by atoms with E-state index in [1.165, 1.54) is 0 Å². The van der Waals surface area contributed by atoms with Crippen molar-refractivity contribution in [1.82, 2.24) is 15.5 Å². The van der Waals surface area contributed by atoms with E-state index in [0.717, 1.165) is 35.0 Å². The first-order valence-electron chi connectivity index (χ1n) is 8.65. The molecule has 128 valence electrons. The molecule has 0 radical (unpaired) electrons. The molecule has 5 nitrogen and oxygen atoms in total. The predicted octanol–water partition coefficient (Wildman–Crippen LogP) is 2.73. The van der Waals surface area contributed by atoms with Crippen molar-refractivity contribution in [2.24, 2.45) is 5.92 Å². The fourth-order valence-electron chi connectivity index (χ4n) is 3.57. The molecule has 0 bridgehead atoms. The standard InChI is InChI=1S/C20H21N3O2/c24-15-10-14(11-15)20(13-6-2-1-3-7-13)21-19(25)12-18-16-8-4-5-9-17(16)22-23-18/h1-9,14-15,20,24H,10-12H2,(H,21,25)(H,22,23)/t14?,15?,20-/m1/s1. The van der Waals surface area contributed by atoms with E-state index in [9.17, 15) is 9.90 Å². The van der Waals surface area contributed by atoms with Gasteiger partial charge in [0.05, 0.1) is 29.8 Å². The highest BCUT2D eigenvalue weighted by Gasteiger charge is 2.35. The van der Waals surface area contributed by atoms with Crippen LogP contribution in [-0.2, 0) is 11.2 Å². The zero-order chi connectivity index (χ0) is 17.2. The Bertz CT molecular complexity index is 869. The van der Waals surface area contributed by atoms with Crippen molar-refractivity contribution in [1.29, 1.82) is 0 Å². The van der Waals surface area contributed by atoms with Crippen molar-refractivity contribution < 1.29 is 9.90 Å². The molecule has 0 unspecified atom stereocenters. The average Bonchev–Trinajstić information content (AvgIpc) is 3.01. The van der Waals surface area contributed by atoms with Crippen LogP contribution in [0, 0.1) is 5.92 Å². The van der Waals surface area contributed by atoms with Gasteiger partial charge < -0.3 is 10.4 Å². The van der Waals surface area contributed by atoms with Crippen molar-refractivity contribution in [3.63, 3.8) is 0 Å². The number of fused-ring (bicyclic) bond motifs is 1. The van der Waals surface area contributed by atoms with Gasteiger partial charge in [-0.1, -0.05) is 48.5 Å². The van der Waals surface area contributed by atoms with Crippen LogP contribution in [0.5, 0.6) is 0 Å². The van der Waals surface area contributed by atoms with E-state index in [1.54, 1.807) is 0 Å². The first kappa shape index (κ1) is 15.8. The fourth-order valence-corrected chi connectivity index (χ4v) is 3.57. The number of para-hydroxylation sites is 1. The Balaban J connectivity index is 1.50. The van der Waals surface area contributed by atoms with Gasteiger partial charge in [-0.3, -0.25) is 9.89 Å². The quantitative estimate of drug-likeness (QED) is 0.671. The Morgan fingerprint density at radius 2 is 1.88 bits per heavy atom. The van der Waals surface area contributed by atoms with Crippen LogP contribution >= 0.6 is 0 Å². The second kappa shape index (κ2) is 6.69. The number of amides is 1. The second-order valence-corrected chi connectivity index (χ2v) is 6.74. The highest BCUT2D eigenvalue weighted by molar-refractivity contribution is 5.87. The third-order valence-corrected chi connectivity index (χ3v) is 4.97. The lowest BCUT2D eigenvalue weighted by atomic mass is 9.75. The molecular formula is C20H21N3O2. The molecule has 1 aliphatic carbocycles. The minimum Gasteiger partial charge on any atom is -0.393 e. The van der Waals surface area contributed by atoms with Crippen LogP contribution in [0.1, 0.15) is 30.1 Å². The van der Waals surface area contributed by atoms with Gasteiger partial charge in [0.15, 0.2) is 0 Å². The molecule has 1 heterocycles. The highest BCUT2D eigenvalue weighted by atomic mass is 16.3. The second-order valence-electron chi connectivity index (χ2n) is 6.74. The molecule has 2 aromatic carbocycles. The van der Waals surface area contributed by atoms with Gasteiger partial charge in [0.25, 0.3) is 0 Å². The number of aliphatic hydroxyl groups excluding tert-OH is 1. The van der Waals surface area contributed by atoms with Crippen molar-refractivity contribution in [3.05, 3.63) is 65.9 Å². The molecule has 0 aliphatic heterocycles. The summed E-state index contributed by atoms with van der Waals surface area (Å²) in [4.78, 5) is 12.6. The normalized spacial score (nSPS) is 20.8. The smallest absolute Gasteiger partial charge is 0.226 e. The Labute approximate surface area is 146 Å². The molecule has 5 heteroatoms. The SMILES string of the molecule is O=C(Cc1[nH]nc2ccccc12)N[C@H](c1ccccc1)C1CC(O)C1. The van der Waals surface area contributed by atoms with Crippen molar-refractivity contribution in [2.75, 3.05) is 0 Å². The monoisotopic (exact) mass is 335 g/mol. The summed E-state index contributed by atoms with van der Waals surface area (Å²) in [6.45, 7) is 0. The maximum absolute atomic E-state index is 12.6. The Morgan fingerprint density at radius 1 is 1.16 bits per heavy atom. The summed E-state index contributed by atoms with van der Waals surface area (Å²) in [6.07, 6.45) is 1.48. The minimum atomic E-state index is -0.246. The Hall–Kier alpha value is -2.66. The average molecular weight is 335 g/mol. The number of H-pyrrole nitrogens is 1. The van der Waals surface area contributed by atoms with E-state index in [2.05, 4.69) is 15.5 Å². The number of aromatic amines is 1. The van der Waals surface area contributed by atoms with Crippen LogP contribution in [0.2, 0.25) is 0 Å². The largest absolute Gasteiger partial charge is 0.393 e. The third kappa shape index (κ3) is 3.28.